The van der Waals surface area contributed by atoms with Crippen LogP contribution in [0.5, 0.6) is 0 Å². The Labute approximate surface area is 151 Å². The quantitative estimate of drug-likeness (QED) is 0.579. The average molecular weight is 367 g/mol. The molecule has 3 heterocycles. The lowest BCUT2D eigenvalue weighted by atomic mass is 10.2. The number of halogens is 1. The minimum absolute atomic E-state index is 0.207. The van der Waals surface area contributed by atoms with Gasteiger partial charge in [0.1, 0.15) is 5.82 Å². The third kappa shape index (κ3) is 3.05. The SMILES string of the molecule is O=C(Nc1cc(=O)[nH]c2nc(-c3ccc(Cl)cc3)nn12)c1ccncc1. The van der Waals surface area contributed by atoms with Gasteiger partial charge in [-0.15, -0.1) is 5.10 Å². The van der Waals surface area contributed by atoms with Gasteiger partial charge in [0.2, 0.25) is 5.78 Å². The van der Waals surface area contributed by atoms with Crippen LogP contribution in [0.2, 0.25) is 5.02 Å². The Balaban J connectivity index is 1.76. The summed E-state index contributed by atoms with van der Waals surface area (Å²) in [6.45, 7) is 0. The number of amides is 1. The number of fused-ring (bicyclic) bond motifs is 1. The van der Waals surface area contributed by atoms with E-state index in [1.165, 1.54) is 23.0 Å². The number of pyridine rings is 1. The molecule has 128 valence electrons. The number of carbonyl (C=O) groups is 1. The molecule has 0 saturated carbocycles. The molecule has 0 fully saturated rings. The number of benzene rings is 1. The summed E-state index contributed by atoms with van der Waals surface area (Å²) in [4.78, 5) is 35.0. The summed E-state index contributed by atoms with van der Waals surface area (Å²) in [6.07, 6.45) is 3.02. The largest absolute Gasteiger partial charge is 0.306 e. The Morgan fingerprint density at radius 1 is 1.12 bits per heavy atom. The van der Waals surface area contributed by atoms with Crippen LogP contribution in [0.1, 0.15) is 10.4 Å². The van der Waals surface area contributed by atoms with Crippen LogP contribution in [0.4, 0.5) is 5.82 Å². The van der Waals surface area contributed by atoms with Gasteiger partial charge in [-0.25, -0.2) is 0 Å². The molecule has 0 radical (unpaired) electrons. The number of aromatic nitrogens is 5. The Hall–Kier alpha value is -3.52. The summed E-state index contributed by atoms with van der Waals surface area (Å²) >= 11 is 5.89. The summed E-state index contributed by atoms with van der Waals surface area (Å²) in [5.41, 5.74) is 0.731. The standard InChI is InChI=1S/C17H11ClN6O2/c18-12-3-1-10(2-4-12)15-22-17-21-14(25)9-13(24(17)23-15)20-16(26)11-5-7-19-8-6-11/h1-9H,(H,20,26)(H,21,22,23,25). The maximum absolute atomic E-state index is 12.4. The topological polar surface area (TPSA) is 105 Å². The van der Waals surface area contributed by atoms with Crippen LogP contribution < -0.4 is 10.9 Å². The zero-order chi connectivity index (χ0) is 18.1. The minimum atomic E-state index is -0.405. The van der Waals surface area contributed by atoms with Crippen molar-refractivity contribution in [3.63, 3.8) is 0 Å². The van der Waals surface area contributed by atoms with Gasteiger partial charge in [0.15, 0.2) is 5.82 Å². The minimum Gasteiger partial charge on any atom is -0.306 e. The zero-order valence-corrected chi connectivity index (χ0v) is 13.9. The van der Waals surface area contributed by atoms with Crippen molar-refractivity contribution in [3.05, 3.63) is 75.8 Å². The van der Waals surface area contributed by atoms with Crippen molar-refractivity contribution in [2.45, 2.75) is 0 Å². The second kappa shape index (κ2) is 6.41. The number of hydrogen-bond donors (Lipinski definition) is 2. The normalized spacial score (nSPS) is 10.8. The number of carbonyl (C=O) groups excluding carboxylic acids is 1. The number of nitrogens with zero attached hydrogens (tertiary/aromatic N) is 4. The van der Waals surface area contributed by atoms with Crippen LogP contribution in [-0.4, -0.2) is 30.5 Å². The lowest BCUT2D eigenvalue weighted by molar-refractivity contribution is 0.102. The van der Waals surface area contributed by atoms with Gasteiger partial charge in [-0.1, -0.05) is 11.6 Å². The molecule has 4 rings (SSSR count). The molecule has 3 aromatic heterocycles. The third-order valence-corrected chi connectivity index (χ3v) is 3.88. The van der Waals surface area contributed by atoms with Gasteiger partial charge in [0.25, 0.3) is 11.5 Å². The van der Waals surface area contributed by atoms with E-state index in [0.29, 0.717) is 16.4 Å². The van der Waals surface area contributed by atoms with Crippen molar-refractivity contribution < 1.29 is 4.79 Å². The lowest BCUT2D eigenvalue weighted by Crippen LogP contribution is -2.18. The van der Waals surface area contributed by atoms with Crippen LogP contribution in [0.15, 0.2) is 59.7 Å². The van der Waals surface area contributed by atoms with E-state index in [4.69, 9.17) is 11.6 Å². The van der Waals surface area contributed by atoms with Crippen molar-refractivity contribution in [1.29, 1.82) is 0 Å². The van der Waals surface area contributed by atoms with Gasteiger partial charge in [0, 0.05) is 34.6 Å². The van der Waals surface area contributed by atoms with Crippen molar-refractivity contribution in [1.82, 2.24) is 24.6 Å². The first-order valence-electron chi connectivity index (χ1n) is 7.57. The van der Waals surface area contributed by atoms with E-state index < -0.39 is 5.56 Å². The molecule has 9 heteroatoms. The first-order chi connectivity index (χ1) is 12.6. The van der Waals surface area contributed by atoms with Gasteiger partial charge in [-0.3, -0.25) is 19.6 Å². The summed E-state index contributed by atoms with van der Waals surface area (Å²) in [7, 11) is 0. The fourth-order valence-electron chi connectivity index (χ4n) is 2.39. The second-order valence-electron chi connectivity index (χ2n) is 5.39. The molecule has 0 aliphatic carbocycles. The molecule has 0 atom stereocenters. The third-order valence-electron chi connectivity index (χ3n) is 3.62. The maximum Gasteiger partial charge on any atom is 0.256 e. The number of rotatable bonds is 3. The van der Waals surface area contributed by atoms with Crippen molar-refractivity contribution >= 4 is 29.1 Å². The molecule has 8 nitrogen and oxygen atoms in total. The van der Waals surface area contributed by atoms with Crippen LogP contribution in [0.3, 0.4) is 0 Å². The predicted molar refractivity (Wildman–Crippen MR) is 96.2 cm³/mol. The average Bonchev–Trinajstić information content (AvgIpc) is 3.07. The van der Waals surface area contributed by atoms with Gasteiger partial charge in [0.05, 0.1) is 0 Å². The van der Waals surface area contributed by atoms with Gasteiger partial charge >= 0.3 is 0 Å². The van der Waals surface area contributed by atoms with Crippen LogP contribution in [0, 0.1) is 0 Å². The number of hydrogen-bond acceptors (Lipinski definition) is 5. The highest BCUT2D eigenvalue weighted by Crippen LogP contribution is 2.19. The fraction of sp³-hybridized carbons (Fsp3) is 0. The molecule has 0 spiro atoms. The fourth-order valence-corrected chi connectivity index (χ4v) is 2.52. The molecule has 0 saturated heterocycles. The lowest BCUT2D eigenvalue weighted by Gasteiger charge is -2.05. The number of aromatic amines is 1. The first-order valence-corrected chi connectivity index (χ1v) is 7.95. The van der Waals surface area contributed by atoms with Crippen molar-refractivity contribution in [2.75, 3.05) is 5.32 Å². The highest BCUT2D eigenvalue weighted by atomic mass is 35.5. The monoisotopic (exact) mass is 366 g/mol. The molecule has 4 aromatic rings. The smallest absolute Gasteiger partial charge is 0.256 e. The van der Waals surface area contributed by atoms with E-state index in [9.17, 15) is 9.59 Å². The molecule has 26 heavy (non-hydrogen) atoms. The molecule has 1 amide bonds. The number of nitrogens with one attached hydrogen (secondary N) is 2. The summed E-state index contributed by atoms with van der Waals surface area (Å²) in [6, 6.07) is 11.4. The second-order valence-corrected chi connectivity index (χ2v) is 5.82. The summed E-state index contributed by atoms with van der Waals surface area (Å²) in [5.74, 6) is 0.427. The maximum atomic E-state index is 12.4. The molecule has 0 unspecified atom stereocenters. The Morgan fingerprint density at radius 2 is 1.85 bits per heavy atom. The Bertz CT molecular complexity index is 1150. The predicted octanol–water partition coefficient (Wildman–Crippen LogP) is 2.39. The van der Waals surface area contributed by atoms with Crippen LogP contribution in [0.25, 0.3) is 17.2 Å². The van der Waals surface area contributed by atoms with E-state index in [0.717, 1.165) is 5.56 Å². The van der Waals surface area contributed by atoms with Crippen LogP contribution in [-0.2, 0) is 0 Å². The Kier molecular flexibility index (Phi) is 3.94. The van der Waals surface area contributed by atoms with E-state index in [1.54, 1.807) is 36.4 Å². The first kappa shape index (κ1) is 16.0. The summed E-state index contributed by atoms with van der Waals surface area (Å²) < 4.78 is 1.37. The molecule has 0 aliphatic heterocycles. The molecule has 2 N–H and O–H groups in total. The van der Waals surface area contributed by atoms with Gasteiger partial charge in [-0.05, 0) is 36.4 Å². The van der Waals surface area contributed by atoms with Crippen LogP contribution >= 0.6 is 11.6 Å². The highest BCUT2D eigenvalue weighted by molar-refractivity contribution is 6.30. The molecule has 0 aliphatic rings. The molecular formula is C17H11ClN6O2. The van der Waals surface area contributed by atoms with Crippen molar-refractivity contribution in [2.24, 2.45) is 0 Å². The van der Waals surface area contributed by atoms with E-state index in [-0.39, 0.29) is 17.5 Å². The van der Waals surface area contributed by atoms with E-state index in [1.807, 2.05) is 0 Å². The number of H-pyrrole nitrogens is 1. The summed E-state index contributed by atoms with van der Waals surface area (Å²) in [5, 5.41) is 7.63. The molecule has 1 aromatic carbocycles. The highest BCUT2D eigenvalue weighted by Gasteiger charge is 2.14. The van der Waals surface area contributed by atoms with E-state index >= 15 is 0 Å². The van der Waals surface area contributed by atoms with Crippen molar-refractivity contribution in [3.8, 4) is 11.4 Å². The Morgan fingerprint density at radius 3 is 2.58 bits per heavy atom. The molecular weight excluding hydrogens is 356 g/mol. The number of anilines is 1. The zero-order valence-electron chi connectivity index (χ0n) is 13.2. The molecule has 0 bridgehead atoms. The van der Waals surface area contributed by atoms with E-state index in [2.05, 4.69) is 25.4 Å². The van der Waals surface area contributed by atoms with Gasteiger partial charge < -0.3 is 5.32 Å². The van der Waals surface area contributed by atoms with Gasteiger partial charge in [-0.2, -0.15) is 9.50 Å².